The number of nitrogens with two attached hydrogens (primary N) is 1. The Morgan fingerprint density at radius 2 is 1.56 bits per heavy atom. The van der Waals surface area contributed by atoms with Crippen molar-refractivity contribution in [2.75, 3.05) is 12.3 Å². The Balaban J connectivity index is 1.91. The highest BCUT2D eigenvalue weighted by molar-refractivity contribution is 7.98. The molecule has 2 rings (SSSR count). The van der Waals surface area contributed by atoms with Gasteiger partial charge in [0.25, 0.3) is 0 Å². The second-order valence-electron chi connectivity index (χ2n) is 3.90. The van der Waals surface area contributed by atoms with Gasteiger partial charge in [-0.05, 0) is 29.8 Å². The summed E-state index contributed by atoms with van der Waals surface area (Å²) in [6.45, 7) is 0.736. The molecule has 2 nitrogen and oxygen atoms in total. The van der Waals surface area contributed by atoms with Crippen LogP contribution in [0.4, 0.5) is 0 Å². The van der Waals surface area contributed by atoms with E-state index in [0.717, 1.165) is 29.5 Å². The Bertz CT molecular complexity index is 456. The summed E-state index contributed by atoms with van der Waals surface area (Å²) in [6, 6.07) is 18.0. The molecule has 0 atom stereocenters. The average molecular weight is 259 g/mol. The molecule has 2 aromatic rings. The molecule has 3 heteroatoms. The Morgan fingerprint density at radius 3 is 2.22 bits per heavy atom. The van der Waals surface area contributed by atoms with Gasteiger partial charge in [-0.15, -0.1) is 0 Å². The van der Waals surface area contributed by atoms with Crippen molar-refractivity contribution in [2.24, 2.45) is 5.73 Å². The molecule has 0 aliphatic carbocycles. The summed E-state index contributed by atoms with van der Waals surface area (Å²) in [7, 11) is 0. The predicted molar refractivity (Wildman–Crippen MR) is 78.2 cm³/mol. The van der Waals surface area contributed by atoms with Crippen molar-refractivity contribution in [2.45, 2.75) is 5.75 Å². The molecule has 0 spiro atoms. The summed E-state index contributed by atoms with van der Waals surface area (Å²) in [5.74, 6) is 3.74. The molecular formula is C15H17NOS. The standard InChI is InChI=1S/C15H17NOS/c16-10-11-18-12-13-6-8-15(9-7-13)17-14-4-2-1-3-5-14/h1-9H,10-12,16H2. The smallest absolute Gasteiger partial charge is 0.127 e. The molecule has 2 aromatic carbocycles. The SMILES string of the molecule is NCCSCc1ccc(Oc2ccccc2)cc1. The average Bonchev–Trinajstić information content (AvgIpc) is 2.42. The summed E-state index contributed by atoms with van der Waals surface area (Å²) < 4.78 is 5.73. The van der Waals surface area contributed by atoms with Gasteiger partial charge in [-0.1, -0.05) is 30.3 Å². The monoisotopic (exact) mass is 259 g/mol. The highest BCUT2D eigenvalue weighted by Crippen LogP contribution is 2.22. The Kier molecular flexibility index (Phi) is 5.12. The van der Waals surface area contributed by atoms with E-state index in [4.69, 9.17) is 10.5 Å². The molecule has 94 valence electrons. The van der Waals surface area contributed by atoms with Crippen molar-refractivity contribution in [3.8, 4) is 11.5 Å². The fraction of sp³-hybridized carbons (Fsp3) is 0.200. The van der Waals surface area contributed by atoms with E-state index in [1.165, 1.54) is 5.56 Å². The van der Waals surface area contributed by atoms with Crippen LogP contribution in [0.25, 0.3) is 0 Å². The molecule has 18 heavy (non-hydrogen) atoms. The summed E-state index contributed by atoms with van der Waals surface area (Å²) in [5.41, 5.74) is 6.76. The highest BCUT2D eigenvalue weighted by Gasteiger charge is 1.97. The van der Waals surface area contributed by atoms with Gasteiger partial charge in [0.15, 0.2) is 0 Å². The maximum absolute atomic E-state index is 5.73. The number of benzene rings is 2. The minimum Gasteiger partial charge on any atom is -0.457 e. The normalized spacial score (nSPS) is 10.3. The number of para-hydroxylation sites is 1. The molecule has 0 aromatic heterocycles. The van der Waals surface area contributed by atoms with Gasteiger partial charge < -0.3 is 10.5 Å². The molecular weight excluding hydrogens is 242 g/mol. The number of hydrogen-bond donors (Lipinski definition) is 1. The van der Waals surface area contributed by atoms with Gasteiger partial charge >= 0.3 is 0 Å². The maximum atomic E-state index is 5.73. The van der Waals surface area contributed by atoms with Gasteiger partial charge in [-0.2, -0.15) is 11.8 Å². The molecule has 0 saturated carbocycles. The summed E-state index contributed by atoms with van der Waals surface area (Å²) in [6.07, 6.45) is 0. The molecule has 0 bridgehead atoms. The van der Waals surface area contributed by atoms with E-state index in [0.29, 0.717) is 0 Å². The summed E-state index contributed by atoms with van der Waals surface area (Å²) in [5, 5.41) is 0. The highest BCUT2D eigenvalue weighted by atomic mass is 32.2. The van der Waals surface area contributed by atoms with E-state index in [9.17, 15) is 0 Å². The zero-order valence-electron chi connectivity index (χ0n) is 10.2. The van der Waals surface area contributed by atoms with Gasteiger partial charge in [0.1, 0.15) is 11.5 Å². The second kappa shape index (κ2) is 7.09. The lowest BCUT2D eigenvalue weighted by molar-refractivity contribution is 0.482. The molecule has 0 fully saturated rings. The van der Waals surface area contributed by atoms with Crippen LogP contribution in [0.1, 0.15) is 5.56 Å². The van der Waals surface area contributed by atoms with E-state index in [1.54, 1.807) is 0 Å². The predicted octanol–water partition coefficient (Wildman–Crippen LogP) is 3.67. The third kappa shape index (κ3) is 4.09. The van der Waals surface area contributed by atoms with Crippen molar-refractivity contribution < 1.29 is 4.74 Å². The van der Waals surface area contributed by atoms with Crippen molar-refractivity contribution >= 4 is 11.8 Å². The number of hydrogen-bond acceptors (Lipinski definition) is 3. The van der Waals surface area contributed by atoms with E-state index in [1.807, 2.05) is 54.2 Å². The molecule has 0 aliphatic heterocycles. The molecule has 0 radical (unpaired) electrons. The third-order valence-electron chi connectivity index (χ3n) is 2.43. The van der Waals surface area contributed by atoms with Crippen LogP contribution in [0.3, 0.4) is 0 Å². The first kappa shape index (κ1) is 13.0. The van der Waals surface area contributed by atoms with Crippen LogP contribution in [-0.2, 0) is 5.75 Å². The quantitative estimate of drug-likeness (QED) is 0.804. The lowest BCUT2D eigenvalue weighted by Gasteiger charge is -2.06. The van der Waals surface area contributed by atoms with Crippen LogP contribution in [0.15, 0.2) is 54.6 Å². The summed E-state index contributed by atoms with van der Waals surface area (Å²) in [4.78, 5) is 0. The molecule has 0 saturated heterocycles. The van der Waals surface area contributed by atoms with Gasteiger partial charge in [0.2, 0.25) is 0 Å². The van der Waals surface area contributed by atoms with Crippen LogP contribution in [0, 0.1) is 0 Å². The third-order valence-corrected chi connectivity index (χ3v) is 3.50. The van der Waals surface area contributed by atoms with E-state index in [2.05, 4.69) is 12.1 Å². The number of ether oxygens (including phenoxy) is 1. The lowest BCUT2D eigenvalue weighted by atomic mass is 10.2. The van der Waals surface area contributed by atoms with E-state index in [-0.39, 0.29) is 0 Å². The van der Waals surface area contributed by atoms with E-state index < -0.39 is 0 Å². The number of thioether (sulfide) groups is 1. The van der Waals surface area contributed by atoms with Crippen LogP contribution in [-0.4, -0.2) is 12.3 Å². The largest absolute Gasteiger partial charge is 0.457 e. The van der Waals surface area contributed by atoms with E-state index >= 15 is 0 Å². The Hall–Kier alpha value is -1.45. The molecule has 0 unspecified atom stereocenters. The zero-order valence-corrected chi connectivity index (χ0v) is 11.0. The first-order valence-corrected chi connectivity index (χ1v) is 7.13. The fourth-order valence-corrected chi connectivity index (χ4v) is 2.29. The van der Waals surface area contributed by atoms with Crippen molar-refractivity contribution in [3.63, 3.8) is 0 Å². The van der Waals surface area contributed by atoms with Crippen LogP contribution in [0.5, 0.6) is 11.5 Å². The van der Waals surface area contributed by atoms with Crippen molar-refractivity contribution in [1.82, 2.24) is 0 Å². The first-order chi connectivity index (χ1) is 8.88. The number of rotatable bonds is 6. The molecule has 0 amide bonds. The first-order valence-electron chi connectivity index (χ1n) is 5.98. The summed E-state index contributed by atoms with van der Waals surface area (Å²) >= 11 is 1.85. The van der Waals surface area contributed by atoms with Gasteiger partial charge in [0.05, 0.1) is 0 Å². The van der Waals surface area contributed by atoms with Gasteiger partial charge in [-0.25, -0.2) is 0 Å². The van der Waals surface area contributed by atoms with Crippen molar-refractivity contribution in [1.29, 1.82) is 0 Å². The fourth-order valence-electron chi connectivity index (χ4n) is 1.55. The Labute approximate surface area is 112 Å². The lowest BCUT2D eigenvalue weighted by Crippen LogP contribution is -2.01. The maximum Gasteiger partial charge on any atom is 0.127 e. The molecule has 2 N–H and O–H groups in total. The second-order valence-corrected chi connectivity index (χ2v) is 5.01. The minimum atomic E-state index is 0.736. The molecule has 0 heterocycles. The topological polar surface area (TPSA) is 35.2 Å². The van der Waals surface area contributed by atoms with Crippen LogP contribution < -0.4 is 10.5 Å². The zero-order chi connectivity index (χ0) is 12.6. The Morgan fingerprint density at radius 1 is 0.889 bits per heavy atom. The van der Waals surface area contributed by atoms with Gasteiger partial charge in [0, 0.05) is 18.1 Å². The van der Waals surface area contributed by atoms with Crippen LogP contribution >= 0.6 is 11.8 Å². The molecule has 0 aliphatic rings. The van der Waals surface area contributed by atoms with Crippen LogP contribution in [0.2, 0.25) is 0 Å². The minimum absolute atomic E-state index is 0.736. The van der Waals surface area contributed by atoms with Gasteiger partial charge in [-0.3, -0.25) is 0 Å². The van der Waals surface area contributed by atoms with Crippen molar-refractivity contribution in [3.05, 3.63) is 60.2 Å².